The van der Waals surface area contributed by atoms with Crippen molar-refractivity contribution in [2.24, 2.45) is 0 Å². The van der Waals surface area contributed by atoms with E-state index >= 15 is 0 Å². The summed E-state index contributed by atoms with van der Waals surface area (Å²) < 4.78 is 7.48. The molecule has 1 fully saturated rings. The van der Waals surface area contributed by atoms with Crippen LogP contribution < -0.4 is 9.64 Å². The summed E-state index contributed by atoms with van der Waals surface area (Å²) in [5, 5.41) is 10.4. The van der Waals surface area contributed by atoms with Crippen LogP contribution in [0.3, 0.4) is 0 Å². The van der Waals surface area contributed by atoms with Gasteiger partial charge in [0.15, 0.2) is 11.6 Å². The van der Waals surface area contributed by atoms with Crippen molar-refractivity contribution in [3.05, 3.63) is 126 Å². The highest BCUT2D eigenvalue weighted by molar-refractivity contribution is 6.05. The minimum Gasteiger partial charge on any atom is -0.497 e. The molecule has 1 N–H and O–H groups in total. The number of benzene rings is 4. The van der Waals surface area contributed by atoms with Gasteiger partial charge < -0.3 is 19.5 Å². The number of carbonyl (C=O) groups excluding carboxylic acids is 2. The topological polar surface area (TPSA) is 96.3 Å². The number of likely N-dealkylation sites (tertiary alicyclic amines) is 1. The van der Waals surface area contributed by atoms with Gasteiger partial charge >= 0.3 is 0 Å². The molecule has 0 saturated carbocycles. The van der Waals surface area contributed by atoms with Gasteiger partial charge in [-0.15, -0.1) is 10.2 Å². The largest absolute Gasteiger partial charge is 0.497 e. The van der Waals surface area contributed by atoms with E-state index in [-0.39, 0.29) is 24.4 Å². The fourth-order valence-corrected chi connectivity index (χ4v) is 7.53. The van der Waals surface area contributed by atoms with Gasteiger partial charge in [-0.05, 0) is 73.6 Å². The summed E-state index contributed by atoms with van der Waals surface area (Å²) in [5.74, 6) is 1.12. The normalized spacial score (nSPS) is 17.4. The van der Waals surface area contributed by atoms with E-state index in [0.717, 1.165) is 64.7 Å². The fourth-order valence-electron chi connectivity index (χ4n) is 7.53. The number of para-hydroxylation sites is 3. The van der Waals surface area contributed by atoms with Crippen LogP contribution in [0.2, 0.25) is 0 Å². The molecular weight excluding hydrogens is 612 g/mol. The van der Waals surface area contributed by atoms with Crippen LogP contribution in [0.1, 0.15) is 42.1 Å². The van der Waals surface area contributed by atoms with Crippen molar-refractivity contribution in [2.45, 2.75) is 44.1 Å². The maximum Gasteiger partial charge on any atom is 0.242 e. The Morgan fingerprint density at radius 1 is 0.878 bits per heavy atom. The number of carbonyl (C=O) groups is 2. The molecule has 0 bridgehead atoms. The number of hydrogen-bond acceptors (Lipinski definition) is 5. The number of aromatic nitrogens is 4. The standard InChI is InChI=1S/C40H38N6O3/c1-49-31-16-11-12-27(23-31)22-30-15-9-10-21-44(30)37(47)26-45-35-19-7-8-20-36(35)46-38(28-13-3-2-4-14-28)42-43-39(46)33(40(45)48)24-29-25-41-34-18-6-5-17-32(29)34/h2-8,11-14,16-20,23,25,30,33,41H,9-10,15,21-22,24,26H2,1H3. The molecule has 0 spiro atoms. The molecule has 4 aromatic carbocycles. The van der Waals surface area contributed by atoms with Gasteiger partial charge in [0, 0.05) is 35.2 Å². The van der Waals surface area contributed by atoms with Gasteiger partial charge in [-0.25, -0.2) is 0 Å². The third-order valence-corrected chi connectivity index (χ3v) is 9.95. The van der Waals surface area contributed by atoms with Crippen molar-refractivity contribution in [1.29, 1.82) is 0 Å². The lowest BCUT2D eigenvalue weighted by Crippen LogP contribution is -2.50. The Hall–Kier alpha value is -5.70. The Labute approximate surface area is 285 Å². The summed E-state index contributed by atoms with van der Waals surface area (Å²) in [6.45, 7) is 0.604. The first-order chi connectivity index (χ1) is 24.1. The quantitative estimate of drug-likeness (QED) is 0.197. The van der Waals surface area contributed by atoms with Crippen LogP contribution >= 0.6 is 0 Å². The molecule has 0 aliphatic carbocycles. The van der Waals surface area contributed by atoms with Crippen molar-refractivity contribution in [3.63, 3.8) is 0 Å². The zero-order chi connectivity index (χ0) is 33.3. The summed E-state index contributed by atoms with van der Waals surface area (Å²) in [7, 11) is 1.67. The fraction of sp³-hybridized carbons (Fsp3) is 0.250. The van der Waals surface area contributed by atoms with Crippen LogP contribution in [0.15, 0.2) is 109 Å². The number of methoxy groups -OCH3 is 1. The first-order valence-electron chi connectivity index (χ1n) is 17.0. The predicted molar refractivity (Wildman–Crippen MR) is 190 cm³/mol. The average Bonchev–Trinajstić information content (AvgIpc) is 3.76. The molecule has 49 heavy (non-hydrogen) atoms. The number of amides is 2. The molecule has 9 nitrogen and oxygen atoms in total. The number of nitrogens with zero attached hydrogens (tertiary/aromatic N) is 5. The number of rotatable bonds is 8. The number of piperidine rings is 1. The van der Waals surface area contributed by atoms with Gasteiger partial charge in [0.05, 0.1) is 18.5 Å². The Morgan fingerprint density at radius 3 is 2.53 bits per heavy atom. The lowest BCUT2D eigenvalue weighted by Gasteiger charge is -2.37. The zero-order valence-electron chi connectivity index (χ0n) is 27.5. The Bertz CT molecular complexity index is 2140. The van der Waals surface area contributed by atoms with Crippen molar-refractivity contribution in [3.8, 4) is 22.8 Å². The van der Waals surface area contributed by atoms with Crippen LogP contribution in [-0.2, 0) is 22.4 Å². The lowest BCUT2D eigenvalue weighted by molar-refractivity contribution is -0.134. The molecule has 6 aromatic rings. The first kappa shape index (κ1) is 30.6. The number of hydrogen-bond donors (Lipinski definition) is 1. The maximum absolute atomic E-state index is 15.0. The van der Waals surface area contributed by atoms with E-state index in [0.29, 0.717) is 30.3 Å². The zero-order valence-corrected chi connectivity index (χ0v) is 27.5. The minimum absolute atomic E-state index is 0.0389. The SMILES string of the molecule is COc1cccc(CC2CCCCN2C(=O)CN2C(=O)C(Cc3c[nH]c4ccccc34)c3nnc(-c4ccccc4)n3-c3ccccc32)c1. The summed E-state index contributed by atoms with van der Waals surface area (Å²) in [6, 6.07) is 33.9. The van der Waals surface area contributed by atoms with Crippen LogP contribution in [0, 0.1) is 0 Å². The third-order valence-electron chi connectivity index (χ3n) is 9.95. The molecule has 8 rings (SSSR count). The van der Waals surface area contributed by atoms with Crippen molar-refractivity contribution in [2.75, 3.05) is 25.1 Å². The Morgan fingerprint density at radius 2 is 1.67 bits per heavy atom. The Balaban J connectivity index is 1.19. The molecule has 0 radical (unpaired) electrons. The molecule has 4 heterocycles. The molecule has 246 valence electrons. The van der Waals surface area contributed by atoms with Gasteiger partial charge in [-0.2, -0.15) is 0 Å². The van der Waals surface area contributed by atoms with E-state index in [4.69, 9.17) is 9.84 Å². The van der Waals surface area contributed by atoms with Gasteiger partial charge in [-0.1, -0.05) is 72.8 Å². The molecule has 2 atom stereocenters. The number of aromatic amines is 1. The van der Waals surface area contributed by atoms with E-state index in [1.807, 2.05) is 107 Å². The van der Waals surface area contributed by atoms with Crippen molar-refractivity contribution in [1.82, 2.24) is 24.6 Å². The molecular formula is C40H38N6O3. The molecule has 1 saturated heterocycles. The molecule has 9 heteroatoms. The average molecular weight is 651 g/mol. The van der Waals surface area contributed by atoms with Gasteiger partial charge in [0.1, 0.15) is 18.2 Å². The number of H-pyrrole nitrogens is 1. The minimum atomic E-state index is -0.682. The first-order valence-corrected chi connectivity index (χ1v) is 17.0. The second-order valence-electron chi connectivity index (χ2n) is 12.9. The van der Waals surface area contributed by atoms with Crippen LogP contribution in [-0.4, -0.2) is 62.7 Å². The summed E-state index contributed by atoms with van der Waals surface area (Å²) in [4.78, 5) is 36.5. The highest BCUT2D eigenvalue weighted by Crippen LogP contribution is 2.39. The second kappa shape index (κ2) is 13.1. The molecule has 2 aliphatic heterocycles. The number of nitrogens with one attached hydrogen (secondary N) is 1. The summed E-state index contributed by atoms with van der Waals surface area (Å²) in [6.07, 6.45) is 6.02. The lowest BCUT2D eigenvalue weighted by atomic mass is 9.95. The van der Waals surface area contributed by atoms with E-state index in [1.54, 1.807) is 12.0 Å². The highest BCUT2D eigenvalue weighted by atomic mass is 16.5. The highest BCUT2D eigenvalue weighted by Gasteiger charge is 2.40. The molecule has 2 amide bonds. The van der Waals surface area contributed by atoms with E-state index in [1.165, 1.54) is 0 Å². The van der Waals surface area contributed by atoms with Crippen molar-refractivity contribution >= 4 is 28.4 Å². The number of fused-ring (bicyclic) bond motifs is 4. The van der Waals surface area contributed by atoms with Gasteiger partial charge in [0.2, 0.25) is 11.8 Å². The smallest absolute Gasteiger partial charge is 0.242 e. The van der Waals surface area contributed by atoms with Crippen LogP contribution in [0.25, 0.3) is 28.0 Å². The van der Waals surface area contributed by atoms with E-state index in [9.17, 15) is 9.59 Å². The van der Waals surface area contributed by atoms with Gasteiger partial charge in [0.25, 0.3) is 0 Å². The number of ether oxygens (including phenoxy) is 1. The maximum atomic E-state index is 15.0. The van der Waals surface area contributed by atoms with E-state index < -0.39 is 5.92 Å². The van der Waals surface area contributed by atoms with Crippen LogP contribution in [0.4, 0.5) is 5.69 Å². The summed E-state index contributed by atoms with van der Waals surface area (Å²) >= 11 is 0. The monoisotopic (exact) mass is 650 g/mol. The second-order valence-corrected chi connectivity index (χ2v) is 12.9. The van der Waals surface area contributed by atoms with Crippen LogP contribution in [0.5, 0.6) is 5.75 Å². The molecule has 2 aromatic heterocycles. The molecule has 2 unspecified atom stereocenters. The molecule has 2 aliphatic rings. The van der Waals surface area contributed by atoms with E-state index in [2.05, 4.69) is 22.2 Å². The summed E-state index contributed by atoms with van der Waals surface area (Å²) in [5.41, 5.74) is 5.49. The van der Waals surface area contributed by atoms with Gasteiger partial charge in [-0.3, -0.25) is 14.2 Å². The Kier molecular flexibility index (Phi) is 8.17. The van der Waals surface area contributed by atoms with Crippen molar-refractivity contribution < 1.29 is 14.3 Å². The number of anilines is 1. The predicted octanol–water partition coefficient (Wildman–Crippen LogP) is 6.72. The third kappa shape index (κ3) is 5.75.